The molecule has 2 atom stereocenters. The van der Waals surface area contributed by atoms with E-state index in [-0.39, 0.29) is 35.7 Å². The molecule has 0 saturated heterocycles. The van der Waals surface area contributed by atoms with E-state index in [4.69, 9.17) is 0 Å². The van der Waals surface area contributed by atoms with Crippen LogP contribution in [0.3, 0.4) is 0 Å². The summed E-state index contributed by atoms with van der Waals surface area (Å²) in [6, 6.07) is 3.45. The summed E-state index contributed by atoms with van der Waals surface area (Å²) in [4.78, 5) is 36.1. The third kappa shape index (κ3) is 3.76. The van der Waals surface area contributed by atoms with Crippen molar-refractivity contribution in [3.8, 4) is 0 Å². The van der Waals surface area contributed by atoms with Crippen LogP contribution >= 0.6 is 11.3 Å². The van der Waals surface area contributed by atoms with E-state index in [1.54, 1.807) is 17.5 Å². The highest BCUT2D eigenvalue weighted by Crippen LogP contribution is 2.63. The standard InChI is InChI=1S/C19H26N4O3S/c1-18(2)12-6-7-19(18,3)14(9-12)22-23-16(25)11-20-15(24)10-21-17(26)13-5-4-8-27-13/h4-5,8,12H,6-7,9-11H2,1-3H3,(H,20,24)(H,21,26)(H,23,25)/b22-14+/t12-,19+/m0/s1. The molecule has 0 aliphatic heterocycles. The normalized spacial score (nSPS) is 26.8. The van der Waals surface area contributed by atoms with Crippen molar-refractivity contribution in [2.45, 2.75) is 40.0 Å². The van der Waals surface area contributed by atoms with Crippen LogP contribution < -0.4 is 16.1 Å². The Balaban J connectivity index is 1.41. The molecule has 2 aliphatic carbocycles. The van der Waals surface area contributed by atoms with E-state index in [1.807, 2.05) is 0 Å². The van der Waals surface area contributed by atoms with E-state index < -0.39 is 5.91 Å². The van der Waals surface area contributed by atoms with Gasteiger partial charge in [0.25, 0.3) is 11.8 Å². The quantitative estimate of drug-likeness (QED) is 0.647. The predicted octanol–water partition coefficient (Wildman–Crippen LogP) is 1.91. The molecule has 27 heavy (non-hydrogen) atoms. The molecule has 3 N–H and O–H groups in total. The van der Waals surface area contributed by atoms with Gasteiger partial charge in [-0.1, -0.05) is 26.8 Å². The summed E-state index contributed by atoms with van der Waals surface area (Å²) in [5.41, 5.74) is 3.84. The number of nitrogens with one attached hydrogen (secondary N) is 3. The lowest BCUT2D eigenvalue weighted by molar-refractivity contribution is -0.125. The van der Waals surface area contributed by atoms with E-state index >= 15 is 0 Å². The molecule has 2 bridgehead atoms. The van der Waals surface area contributed by atoms with Crippen LogP contribution in [-0.2, 0) is 9.59 Å². The van der Waals surface area contributed by atoms with Gasteiger partial charge >= 0.3 is 0 Å². The molecule has 2 fully saturated rings. The monoisotopic (exact) mass is 390 g/mol. The van der Waals surface area contributed by atoms with Crippen LogP contribution in [0.2, 0.25) is 0 Å². The molecule has 2 aliphatic rings. The Morgan fingerprint density at radius 3 is 2.52 bits per heavy atom. The first-order valence-electron chi connectivity index (χ1n) is 9.18. The van der Waals surface area contributed by atoms with Crippen LogP contribution in [0.1, 0.15) is 49.7 Å². The Kier molecular flexibility index (Phi) is 5.37. The Morgan fingerprint density at radius 1 is 1.19 bits per heavy atom. The number of hydrazone groups is 1. The van der Waals surface area contributed by atoms with Crippen LogP contribution in [0.15, 0.2) is 22.6 Å². The zero-order valence-electron chi connectivity index (χ0n) is 15.9. The van der Waals surface area contributed by atoms with Gasteiger partial charge in [0, 0.05) is 11.1 Å². The summed E-state index contributed by atoms with van der Waals surface area (Å²) >= 11 is 1.30. The highest BCUT2D eigenvalue weighted by molar-refractivity contribution is 7.12. The summed E-state index contributed by atoms with van der Waals surface area (Å²) in [6.45, 7) is 6.43. The smallest absolute Gasteiger partial charge is 0.261 e. The van der Waals surface area contributed by atoms with Gasteiger partial charge in [0.15, 0.2) is 0 Å². The number of nitrogens with zero attached hydrogens (tertiary/aromatic N) is 1. The zero-order valence-corrected chi connectivity index (χ0v) is 16.7. The molecule has 7 nitrogen and oxygen atoms in total. The Hall–Kier alpha value is -2.22. The van der Waals surface area contributed by atoms with Gasteiger partial charge in [0.05, 0.1) is 18.0 Å². The molecule has 1 aromatic heterocycles. The second kappa shape index (κ2) is 7.42. The van der Waals surface area contributed by atoms with Crippen molar-refractivity contribution in [1.29, 1.82) is 0 Å². The van der Waals surface area contributed by atoms with Crippen molar-refractivity contribution in [2.24, 2.45) is 21.8 Å². The lowest BCUT2D eigenvalue weighted by Crippen LogP contribution is -2.41. The average molecular weight is 391 g/mol. The molecule has 0 unspecified atom stereocenters. The van der Waals surface area contributed by atoms with Crippen LogP contribution in [0, 0.1) is 16.7 Å². The molecule has 0 radical (unpaired) electrons. The van der Waals surface area contributed by atoms with Crippen molar-refractivity contribution in [3.63, 3.8) is 0 Å². The van der Waals surface area contributed by atoms with Gasteiger partial charge in [-0.05, 0) is 42.0 Å². The highest BCUT2D eigenvalue weighted by atomic mass is 32.1. The lowest BCUT2D eigenvalue weighted by atomic mass is 9.70. The first-order valence-corrected chi connectivity index (χ1v) is 10.1. The van der Waals surface area contributed by atoms with Crippen molar-refractivity contribution >= 4 is 34.8 Å². The van der Waals surface area contributed by atoms with Gasteiger partial charge in [0.1, 0.15) is 0 Å². The molecule has 3 rings (SSSR count). The summed E-state index contributed by atoms with van der Waals surface area (Å²) in [5.74, 6) is -0.478. The van der Waals surface area contributed by atoms with E-state index in [2.05, 4.69) is 41.9 Å². The first kappa shape index (κ1) is 19.5. The van der Waals surface area contributed by atoms with Crippen LogP contribution in [0.4, 0.5) is 0 Å². The van der Waals surface area contributed by atoms with Crippen LogP contribution in [0.5, 0.6) is 0 Å². The fourth-order valence-corrected chi connectivity index (χ4v) is 4.80. The van der Waals surface area contributed by atoms with Crippen LogP contribution in [-0.4, -0.2) is 36.5 Å². The van der Waals surface area contributed by atoms with Crippen molar-refractivity contribution < 1.29 is 14.4 Å². The number of rotatable bonds is 6. The molecule has 0 spiro atoms. The molecular weight excluding hydrogens is 364 g/mol. The topological polar surface area (TPSA) is 99.7 Å². The number of carbonyl (C=O) groups is 3. The third-order valence-corrected chi connectivity index (χ3v) is 7.30. The molecular formula is C19H26N4O3S. The largest absolute Gasteiger partial charge is 0.345 e. The van der Waals surface area contributed by atoms with E-state index in [0.29, 0.717) is 10.8 Å². The predicted molar refractivity (Wildman–Crippen MR) is 104 cm³/mol. The van der Waals surface area contributed by atoms with Gasteiger partial charge < -0.3 is 10.6 Å². The van der Waals surface area contributed by atoms with Crippen LogP contribution in [0.25, 0.3) is 0 Å². The number of hydrogen-bond acceptors (Lipinski definition) is 5. The SMILES string of the molecule is CC1(C)[C@H]2CC[C@]1(C)/C(=N/NC(=O)CNC(=O)CNC(=O)c1cccs1)C2. The minimum absolute atomic E-state index is 0.0280. The van der Waals surface area contributed by atoms with E-state index in [0.717, 1.165) is 18.6 Å². The summed E-state index contributed by atoms with van der Waals surface area (Å²) in [7, 11) is 0. The number of amides is 3. The average Bonchev–Trinajstić information content (AvgIpc) is 3.29. The van der Waals surface area contributed by atoms with Crippen molar-refractivity contribution in [3.05, 3.63) is 22.4 Å². The molecule has 3 amide bonds. The second-order valence-corrected chi connectivity index (χ2v) is 8.97. The maximum atomic E-state index is 12.0. The minimum Gasteiger partial charge on any atom is -0.345 e. The lowest BCUT2D eigenvalue weighted by Gasteiger charge is -2.34. The van der Waals surface area contributed by atoms with Crippen molar-refractivity contribution in [1.82, 2.24) is 16.1 Å². The molecule has 0 aromatic carbocycles. The van der Waals surface area contributed by atoms with E-state index in [1.165, 1.54) is 17.8 Å². The van der Waals surface area contributed by atoms with Crippen molar-refractivity contribution in [2.75, 3.05) is 13.1 Å². The summed E-state index contributed by atoms with van der Waals surface area (Å²) in [5, 5.41) is 11.2. The molecule has 1 aromatic rings. The highest BCUT2D eigenvalue weighted by Gasteiger charge is 2.59. The van der Waals surface area contributed by atoms with Gasteiger partial charge in [-0.2, -0.15) is 5.10 Å². The summed E-state index contributed by atoms with van der Waals surface area (Å²) in [6.07, 6.45) is 3.23. The molecule has 8 heteroatoms. The maximum absolute atomic E-state index is 12.0. The Labute approximate surface area is 163 Å². The Bertz CT molecular complexity index is 772. The summed E-state index contributed by atoms with van der Waals surface area (Å²) < 4.78 is 0. The Morgan fingerprint density at radius 2 is 1.93 bits per heavy atom. The number of hydrogen-bond donors (Lipinski definition) is 3. The van der Waals surface area contributed by atoms with Gasteiger partial charge in [-0.15, -0.1) is 11.3 Å². The van der Waals surface area contributed by atoms with Gasteiger partial charge in [-0.3, -0.25) is 14.4 Å². The number of fused-ring (bicyclic) bond motifs is 2. The number of thiophene rings is 1. The fourth-order valence-electron chi connectivity index (χ4n) is 4.16. The van der Waals surface area contributed by atoms with E-state index in [9.17, 15) is 14.4 Å². The third-order valence-electron chi connectivity index (χ3n) is 6.43. The van der Waals surface area contributed by atoms with Gasteiger partial charge in [0.2, 0.25) is 5.91 Å². The first-order chi connectivity index (χ1) is 12.7. The second-order valence-electron chi connectivity index (χ2n) is 8.02. The molecule has 146 valence electrons. The zero-order chi connectivity index (χ0) is 19.7. The molecule has 2 saturated carbocycles. The number of carbonyl (C=O) groups excluding carboxylic acids is 3. The molecule has 1 heterocycles. The maximum Gasteiger partial charge on any atom is 0.261 e. The van der Waals surface area contributed by atoms with Gasteiger partial charge in [-0.25, -0.2) is 5.43 Å². The fraction of sp³-hybridized carbons (Fsp3) is 0.579. The minimum atomic E-state index is -0.421.